The van der Waals surface area contributed by atoms with Crippen LogP contribution in [-0.2, 0) is 16.0 Å². The lowest BCUT2D eigenvalue weighted by atomic mass is 10.2. The molecule has 2 unspecified atom stereocenters. The van der Waals surface area contributed by atoms with Crippen molar-refractivity contribution in [1.29, 1.82) is 0 Å². The molecule has 2 atom stereocenters. The Balaban J connectivity index is 1.89. The third kappa shape index (κ3) is 3.50. The minimum Gasteiger partial charge on any atom is -0.465 e. The largest absolute Gasteiger partial charge is 0.465 e. The molecule has 8 heteroatoms. The van der Waals surface area contributed by atoms with E-state index >= 15 is 0 Å². The zero-order valence-corrected chi connectivity index (χ0v) is 12.8. The van der Waals surface area contributed by atoms with Crippen molar-refractivity contribution < 1.29 is 28.2 Å². The van der Waals surface area contributed by atoms with E-state index in [2.05, 4.69) is 4.74 Å². The van der Waals surface area contributed by atoms with E-state index in [1.54, 1.807) is 12.1 Å². The number of methoxy groups -OCH3 is 1. The SMILES string of the molecule is COC(=O)c1ccc(CCCN2C(C=O)CC(F)(F)C2O)s1. The van der Waals surface area contributed by atoms with E-state index < -0.39 is 30.6 Å². The van der Waals surface area contributed by atoms with E-state index in [-0.39, 0.29) is 6.54 Å². The third-order valence-electron chi connectivity index (χ3n) is 3.64. The van der Waals surface area contributed by atoms with E-state index in [1.165, 1.54) is 18.4 Å². The molecule has 0 spiro atoms. The second-order valence-corrected chi connectivity index (χ2v) is 6.31. The fourth-order valence-electron chi connectivity index (χ4n) is 2.50. The number of hydrogen-bond acceptors (Lipinski definition) is 6. The molecule has 0 radical (unpaired) electrons. The Morgan fingerprint density at radius 1 is 1.59 bits per heavy atom. The number of rotatable bonds is 6. The van der Waals surface area contributed by atoms with Gasteiger partial charge in [0.1, 0.15) is 11.2 Å². The molecule has 5 nitrogen and oxygen atoms in total. The highest BCUT2D eigenvalue weighted by Crippen LogP contribution is 2.36. The number of aliphatic hydroxyl groups is 1. The highest BCUT2D eigenvalue weighted by molar-refractivity contribution is 7.13. The fraction of sp³-hybridized carbons (Fsp3) is 0.571. The Kier molecular flexibility index (Phi) is 5.25. The van der Waals surface area contributed by atoms with Crippen LogP contribution >= 0.6 is 11.3 Å². The molecule has 2 heterocycles. The highest BCUT2D eigenvalue weighted by atomic mass is 32.1. The number of esters is 1. The molecule has 22 heavy (non-hydrogen) atoms. The van der Waals surface area contributed by atoms with Gasteiger partial charge in [-0.25, -0.2) is 13.6 Å². The fourth-order valence-corrected chi connectivity index (χ4v) is 3.47. The van der Waals surface area contributed by atoms with Crippen molar-refractivity contribution in [1.82, 2.24) is 4.90 Å². The summed E-state index contributed by atoms with van der Waals surface area (Å²) in [5, 5.41) is 9.58. The van der Waals surface area contributed by atoms with Crippen molar-refractivity contribution in [3.8, 4) is 0 Å². The Hall–Kier alpha value is -1.38. The minimum atomic E-state index is -3.26. The number of hydrogen-bond donors (Lipinski definition) is 1. The van der Waals surface area contributed by atoms with E-state index in [4.69, 9.17) is 0 Å². The van der Waals surface area contributed by atoms with Crippen LogP contribution in [0.5, 0.6) is 0 Å². The van der Waals surface area contributed by atoms with Crippen LogP contribution in [0.1, 0.15) is 27.4 Å². The van der Waals surface area contributed by atoms with Gasteiger partial charge in [-0.05, 0) is 25.0 Å². The van der Waals surface area contributed by atoms with Gasteiger partial charge in [0.15, 0.2) is 6.23 Å². The molecule has 0 bridgehead atoms. The number of nitrogens with zero attached hydrogens (tertiary/aromatic N) is 1. The number of ether oxygens (including phenoxy) is 1. The number of aliphatic hydroxyl groups excluding tert-OH is 1. The van der Waals surface area contributed by atoms with E-state index in [1.807, 2.05) is 0 Å². The van der Waals surface area contributed by atoms with Crippen LogP contribution in [0.25, 0.3) is 0 Å². The van der Waals surface area contributed by atoms with Crippen molar-refractivity contribution >= 4 is 23.6 Å². The average molecular weight is 333 g/mol. The molecule has 1 fully saturated rings. The van der Waals surface area contributed by atoms with Crippen LogP contribution in [0.4, 0.5) is 8.78 Å². The smallest absolute Gasteiger partial charge is 0.348 e. The maximum Gasteiger partial charge on any atom is 0.348 e. The van der Waals surface area contributed by atoms with E-state index in [0.717, 1.165) is 9.78 Å². The zero-order chi connectivity index (χ0) is 16.3. The third-order valence-corrected chi connectivity index (χ3v) is 4.77. The van der Waals surface area contributed by atoms with Gasteiger partial charge >= 0.3 is 5.97 Å². The molecule has 122 valence electrons. The van der Waals surface area contributed by atoms with Crippen LogP contribution in [-0.4, -0.2) is 54.1 Å². The summed E-state index contributed by atoms with van der Waals surface area (Å²) in [5.74, 6) is -3.67. The standard InChI is InChI=1S/C14H17F2NO4S/c1-21-12(19)11-5-4-10(22-11)3-2-6-17-9(8-18)7-14(15,16)13(17)20/h4-5,8-9,13,20H,2-3,6-7H2,1H3. The number of likely N-dealkylation sites (tertiary alicyclic amines) is 1. The normalized spacial score (nSPS) is 24.4. The predicted molar refractivity (Wildman–Crippen MR) is 76.1 cm³/mol. The average Bonchev–Trinajstić information content (AvgIpc) is 3.04. The van der Waals surface area contributed by atoms with Gasteiger partial charge in [-0.2, -0.15) is 0 Å². The molecule has 1 aromatic rings. The van der Waals surface area contributed by atoms with E-state index in [9.17, 15) is 23.5 Å². The van der Waals surface area contributed by atoms with Crippen LogP contribution in [0.3, 0.4) is 0 Å². The number of carbonyl (C=O) groups excluding carboxylic acids is 2. The van der Waals surface area contributed by atoms with Crippen LogP contribution < -0.4 is 0 Å². The van der Waals surface area contributed by atoms with Crippen molar-refractivity contribution in [2.24, 2.45) is 0 Å². The molecule has 1 aromatic heterocycles. The Morgan fingerprint density at radius 2 is 2.32 bits per heavy atom. The summed E-state index contributed by atoms with van der Waals surface area (Å²) in [5.41, 5.74) is 0. The number of carbonyl (C=O) groups is 2. The Bertz CT molecular complexity index is 549. The molecule has 0 saturated carbocycles. The maximum atomic E-state index is 13.4. The summed E-state index contributed by atoms with van der Waals surface area (Å²) in [6.07, 6.45) is -1.05. The molecule has 1 aliphatic heterocycles. The molecule has 1 saturated heterocycles. The van der Waals surface area contributed by atoms with Crippen molar-refractivity contribution in [2.45, 2.75) is 37.5 Å². The summed E-state index contributed by atoms with van der Waals surface area (Å²) in [6.45, 7) is 0.186. The summed E-state index contributed by atoms with van der Waals surface area (Å²) < 4.78 is 31.4. The summed E-state index contributed by atoms with van der Waals surface area (Å²) >= 11 is 1.28. The number of thiophene rings is 1. The molecule has 0 aliphatic carbocycles. The van der Waals surface area contributed by atoms with E-state index in [0.29, 0.717) is 24.0 Å². The van der Waals surface area contributed by atoms with Gasteiger partial charge in [-0.15, -0.1) is 11.3 Å². The first-order valence-corrected chi connectivity index (χ1v) is 7.64. The van der Waals surface area contributed by atoms with Gasteiger partial charge in [0.2, 0.25) is 0 Å². The molecule has 1 N–H and O–H groups in total. The maximum absolute atomic E-state index is 13.4. The lowest BCUT2D eigenvalue weighted by Crippen LogP contribution is -2.42. The number of aldehydes is 1. The molecular formula is C14H17F2NO4S. The summed E-state index contributed by atoms with van der Waals surface area (Å²) in [4.78, 5) is 24.7. The van der Waals surface area contributed by atoms with Gasteiger partial charge < -0.3 is 14.6 Å². The number of alkyl halides is 2. The Labute approximate surface area is 130 Å². The highest BCUT2D eigenvalue weighted by Gasteiger charge is 2.52. The Morgan fingerprint density at radius 3 is 2.95 bits per heavy atom. The van der Waals surface area contributed by atoms with Gasteiger partial charge in [0.25, 0.3) is 5.92 Å². The van der Waals surface area contributed by atoms with Gasteiger partial charge in [-0.1, -0.05) is 0 Å². The number of halogens is 2. The molecule has 1 aliphatic rings. The lowest BCUT2D eigenvalue weighted by Gasteiger charge is -2.24. The van der Waals surface area contributed by atoms with Crippen molar-refractivity contribution in [3.05, 3.63) is 21.9 Å². The summed E-state index contributed by atoms with van der Waals surface area (Å²) in [6, 6.07) is 2.47. The first-order chi connectivity index (χ1) is 10.4. The van der Waals surface area contributed by atoms with Crippen molar-refractivity contribution in [3.63, 3.8) is 0 Å². The van der Waals surface area contributed by atoms with Crippen LogP contribution in [0.2, 0.25) is 0 Å². The topological polar surface area (TPSA) is 66.8 Å². The van der Waals surface area contributed by atoms with Gasteiger partial charge in [0.05, 0.1) is 13.2 Å². The quantitative estimate of drug-likeness (QED) is 0.634. The first kappa shape index (κ1) is 17.0. The lowest BCUT2D eigenvalue weighted by molar-refractivity contribution is -0.134. The second-order valence-electron chi connectivity index (χ2n) is 5.14. The zero-order valence-electron chi connectivity index (χ0n) is 12.0. The van der Waals surface area contributed by atoms with Gasteiger partial charge in [-0.3, -0.25) is 4.90 Å². The molecule has 2 rings (SSSR count). The minimum absolute atomic E-state index is 0.186. The first-order valence-electron chi connectivity index (χ1n) is 6.83. The molecule has 0 aromatic carbocycles. The second kappa shape index (κ2) is 6.80. The van der Waals surface area contributed by atoms with Gasteiger partial charge in [0, 0.05) is 17.8 Å². The summed E-state index contributed by atoms with van der Waals surface area (Å²) in [7, 11) is 1.30. The van der Waals surface area contributed by atoms with Crippen molar-refractivity contribution in [2.75, 3.05) is 13.7 Å². The molecule has 0 amide bonds. The van der Waals surface area contributed by atoms with Crippen LogP contribution in [0, 0.1) is 0 Å². The monoisotopic (exact) mass is 333 g/mol. The van der Waals surface area contributed by atoms with Crippen LogP contribution in [0.15, 0.2) is 12.1 Å². The number of aryl methyl sites for hydroxylation is 1. The predicted octanol–water partition coefficient (Wildman–Crippen LogP) is 1.69. The molecular weight excluding hydrogens is 316 g/mol.